The Balaban J connectivity index is 1.66. The lowest BCUT2D eigenvalue weighted by Gasteiger charge is -2.26. The Hall–Kier alpha value is -1.10. The molecular weight excluding hydrogens is 284 g/mol. The SMILES string of the molecule is CCOC(=O)c1nc(N(C)CC2CC3CCC2C3)sc1C. The Morgan fingerprint density at radius 1 is 1.43 bits per heavy atom. The van der Waals surface area contributed by atoms with Crippen molar-refractivity contribution in [1.29, 1.82) is 0 Å². The van der Waals surface area contributed by atoms with Crippen molar-refractivity contribution < 1.29 is 9.53 Å². The van der Waals surface area contributed by atoms with Crippen molar-refractivity contribution in [3.63, 3.8) is 0 Å². The number of thiazole rings is 1. The van der Waals surface area contributed by atoms with Crippen LogP contribution in [0, 0.1) is 24.7 Å². The third-order valence-electron chi connectivity index (χ3n) is 4.97. The summed E-state index contributed by atoms with van der Waals surface area (Å²) in [5.41, 5.74) is 0.483. The van der Waals surface area contributed by atoms with E-state index in [4.69, 9.17) is 4.74 Å². The number of aryl methyl sites for hydroxylation is 1. The molecule has 2 bridgehead atoms. The molecule has 0 aromatic carbocycles. The highest BCUT2D eigenvalue weighted by Crippen LogP contribution is 2.48. The van der Waals surface area contributed by atoms with Gasteiger partial charge in [0.05, 0.1) is 6.61 Å². The van der Waals surface area contributed by atoms with Gasteiger partial charge in [0.1, 0.15) is 0 Å². The number of hydrogen-bond donors (Lipinski definition) is 0. The number of esters is 1. The van der Waals surface area contributed by atoms with Crippen molar-refractivity contribution in [3.8, 4) is 0 Å². The number of aromatic nitrogens is 1. The van der Waals surface area contributed by atoms with Crippen LogP contribution >= 0.6 is 11.3 Å². The zero-order valence-corrected chi connectivity index (χ0v) is 13.9. The first-order valence-corrected chi connectivity index (χ1v) is 8.75. The van der Waals surface area contributed by atoms with Crippen LogP contribution in [0.5, 0.6) is 0 Å². The maximum absolute atomic E-state index is 11.9. The lowest BCUT2D eigenvalue weighted by atomic mass is 9.88. The second-order valence-corrected chi connectivity index (χ2v) is 7.62. The van der Waals surface area contributed by atoms with Crippen molar-refractivity contribution >= 4 is 22.4 Å². The summed E-state index contributed by atoms with van der Waals surface area (Å²) in [7, 11) is 2.10. The van der Waals surface area contributed by atoms with Gasteiger partial charge in [-0.15, -0.1) is 11.3 Å². The van der Waals surface area contributed by atoms with Crippen LogP contribution in [0.1, 0.15) is 48.0 Å². The molecule has 2 aliphatic rings. The maximum Gasteiger partial charge on any atom is 0.358 e. The van der Waals surface area contributed by atoms with Gasteiger partial charge in [-0.25, -0.2) is 9.78 Å². The molecule has 0 aliphatic heterocycles. The molecule has 0 spiro atoms. The summed E-state index contributed by atoms with van der Waals surface area (Å²) in [5, 5.41) is 0.943. The number of hydrogen-bond acceptors (Lipinski definition) is 5. The second-order valence-electron chi connectivity index (χ2n) is 6.44. The molecule has 116 valence electrons. The molecule has 21 heavy (non-hydrogen) atoms. The quantitative estimate of drug-likeness (QED) is 0.781. The first-order valence-electron chi connectivity index (χ1n) is 7.94. The molecule has 1 aromatic rings. The summed E-state index contributed by atoms with van der Waals surface area (Å²) in [6.07, 6.45) is 5.66. The van der Waals surface area contributed by atoms with Crippen LogP contribution < -0.4 is 4.90 Å². The van der Waals surface area contributed by atoms with E-state index in [9.17, 15) is 4.79 Å². The van der Waals surface area contributed by atoms with Gasteiger partial charge in [0.25, 0.3) is 0 Å². The van der Waals surface area contributed by atoms with Crippen molar-refractivity contribution in [2.45, 2.75) is 39.5 Å². The Morgan fingerprint density at radius 2 is 2.24 bits per heavy atom. The number of ether oxygens (including phenoxy) is 1. The molecule has 0 N–H and O–H groups in total. The monoisotopic (exact) mass is 308 g/mol. The first-order chi connectivity index (χ1) is 10.1. The van der Waals surface area contributed by atoms with Gasteiger partial charge in [0.15, 0.2) is 10.8 Å². The maximum atomic E-state index is 11.9. The Labute approximate surface area is 130 Å². The fourth-order valence-corrected chi connectivity index (χ4v) is 4.83. The van der Waals surface area contributed by atoms with Crippen LogP contribution in [0.3, 0.4) is 0 Å². The normalized spacial score (nSPS) is 27.1. The van der Waals surface area contributed by atoms with E-state index in [1.54, 1.807) is 11.3 Å². The van der Waals surface area contributed by atoms with Crippen LogP contribution in [-0.2, 0) is 4.74 Å². The summed E-state index contributed by atoms with van der Waals surface area (Å²) in [6, 6.07) is 0. The van der Waals surface area contributed by atoms with E-state index in [1.807, 2.05) is 13.8 Å². The van der Waals surface area contributed by atoms with Crippen molar-refractivity contribution in [2.75, 3.05) is 25.1 Å². The zero-order chi connectivity index (χ0) is 15.0. The molecule has 3 atom stereocenters. The third kappa shape index (κ3) is 2.93. The molecule has 2 aliphatic carbocycles. The highest BCUT2D eigenvalue weighted by molar-refractivity contribution is 7.15. The van der Waals surface area contributed by atoms with E-state index in [0.717, 1.165) is 34.3 Å². The minimum atomic E-state index is -0.300. The predicted octanol–water partition coefficient (Wildman–Crippen LogP) is 3.50. The molecule has 3 unspecified atom stereocenters. The van der Waals surface area contributed by atoms with Gasteiger partial charge < -0.3 is 9.64 Å². The van der Waals surface area contributed by atoms with Crippen molar-refractivity contribution in [3.05, 3.63) is 10.6 Å². The molecule has 5 heteroatoms. The van der Waals surface area contributed by atoms with Crippen LogP contribution in [0.25, 0.3) is 0 Å². The van der Waals surface area contributed by atoms with E-state index in [0.29, 0.717) is 12.3 Å². The topological polar surface area (TPSA) is 42.4 Å². The van der Waals surface area contributed by atoms with Gasteiger partial charge in [-0.2, -0.15) is 0 Å². The smallest absolute Gasteiger partial charge is 0.358 e. The Morgan fingerprint density at radius 3 is 2.86 bits per heavy atom. The van der Waals surface area contributed by atoms with E-state index >= 15 is 0 Å². The fraction of sp³-hybridized carbons (Fsp3) is 0.750. The molecule has 1 heterocycles. The number of fused-ring (bicyclic) bond motifs is 2. The van der Waals surface area contributed by atoms with Crippen LogP contribution in [0.2, 0.25) is 0 Å². The number of carbonyl (C=O) groups excluding carboxylic acids is 1. The summed E-state index contributed by atoms with van der Waals surface area (Å²) < 4.78 is 5.06. The van der Waals surface area contributed by atoms with Crippen LogP contribution in [-0.4, -0.2) is 31.2 Å². The molecule has 0 amide bonds. The van der Waals surface area contributed by atoms with Gasteiger partial charge in [-0.1, -0.05) is 6.42 Å². The average molecular weight is 308 g/mol. The minimum absolute atomic E-state index is 0.300. The summed E-state index contributed by atoms with van der Waals surface area (Å²) >= 11 is 1.59. The standard InChI is InChI=1S/C16H24N2O2S/c1-4-20-15(19)14-10(2)21-16(17-14)18(3)9-13-8-11-5-6-12(13)7-11/h11-13H,4-9H2,1-3H3. The molecule has 3 rings (SSSR count). The van der Waals surface area contributed by atoms with Gasteiger partial charge in [-0.3, -0.25) is 0 Å². The van der Waals surface area contributed by atoms with Crippen molar-refractivity contribution in [2.24, 2.45) is 17.8 Å². The molecule has 2 saturated carbocycles. The van der Waals surface area contributed by atoms with E-state index < -0.39 is 0 Å². The molecule has 1 aromatic heterocycles. The molecule has 4 nitrogen and oxygen atoms in total. The zero-order valence-electron chi connectivity index (χ0n) is 13.1. The van der Waals surface area contributed by atoms with Gasteiger partial charge in [0, 0.05) is 18.5 Å². The van der Waals surface area contributed by atoms with E-state index in [2.05, 4.69) is 16.9 Å². The summed E-state index contributed by atoms with van der Waals surface area (Å²) in [4.78, 5) is 19.5. The number of anilines is 1. The largest absolute Gasteiger partial charge is 0.461 e. The number of carbonyl (C=O) groups is 1. The molecule has 0 saturated heterocycles. The van der Waals surface area contributed by atoms with Crippen molar-refractivity contribution in [1.82, 2.24) is 4.98 Å². The van der Waals surface area contributed by atoms with Gasteiger partial charge in [0.2, 0.25) is 0 Å². The Bertz CT molecular complexity index is 528. The predicted molar refractivity (Wildman–Crippen MR) is 85.0 cm³/mol. The van der Waals surface area contributed by atoms with Gasteiger partial charge in [-0.05, 0) is 50.9 Å². The number of nitrogens with zero attached hydrogens (tertiary/aromatic N) is 2. The minimum Gasteiger partial charge on any atom is -0.461 e. The number of rotatable bonds is 5. The third-order valence-corrected chi connectivity index (χ3v) is 6.06. The summed E-state index contributed by atoms with van der Waals surface area (Å²) in [6.45, 7) is 5.23. The van der Waals surface area contributed by atoms with Crippen LogP contribution in [0.4, 0.5) is 5.13 Å². The lowest BCUT2D eigenvalue weighted by Crippen LogP contribution is -2.28. The van der Waals surface area contributed by atoms with Gasteiger partial charge >= 0.3 is 5.97 Å². The van der Waals surface area contributed by atoms with E-state index in [1.165, 1.54) is 25.7 Å². The molecule has 2 fully saturated rings. The fourth-order valence-electron chi connectivity index (χ4n) is 3.96. The Kier molecular flexibility index (Phi) is 4.20. The average Bonchev–Trinajstić information content (AvgIpc) is 3.13. The molecular formula is C16H24N2O2S. The highest BCUT2D eigenvalue weighted by Gasteiger charge is 2.39. The lowest BCUT2D eigenvalue weighted by molar-refractivity contribution is 0.0519. The first kappa shape index (κ1) is 14.8. The summed E-state index contributed by atoms with van der Waals surface area (Å²) in [5.74, 6) is 2.40. The van der Waals surface area contributed by atoms with Crippen LogP contribution in [0.15, 0.2) is 0 Å². The highest BCUT2D eigenvalue weighted by atomic mass is 32.1. The van der Waals surface area contributed by atoms with E-state index in [-0.39, 0.29) is 5.97 Å². The molecule has 0 radical (unpaired) electrons. The second kappa shape index (κ2) is 5.95.